The van der Waals surface area contributed by atoms with E-state index < -0.39 is 0 Å². The van der Waals surface area contributed by atoms with Crippen LogP contribution in [0.25, 0.3) is 0 Å². The van der Waals surface area contributed by atoms with Crippen LogP contribution in [0.2, 0.25) is 0 Å². The molecule has 1 aromatic heterocycles. The standard InChI is InChI=1S/C8H11NO2.C4H5N/c9-4-3-6-1-2-7(10)8(11)5-6;1-2-4-5-3-1/h1-2,5,10-11H,3-4,9H2;1-5H. The van der Waals surface area contributed by atoms with Crippen LogP contribution < -0.4 is 5.73 Å². The zero-order valence-corrected chi connectivity index (χ0v) is 8.93. The number of aromatic amines is 1. The molecular weight excluding hydrogens is 204 g/mol. The fourth-order valence-corrected chi connectivity index (χ4v) is 1.17. The zero-order chi connectivity index (χ0) is 11.8. The van der Waals surface area contributed by atoms with Gasteiger partial charge in [0.05, 0.1) is 0 Å². The van der Waals surface area contributed by atoms with E-state index in [1.54, 1.807) is 6.07 Å². The maximum atomic E-state index is 9.04. The van der Waals surface area contributed by atoms with Crippen molar-refractivity contribution in [2.75, 3.05) is 6.54 Å². The Morgan fingerprint density at radius 1 is 1.06 bits per heavy atom. The van der Waals surface area contributed by atoms with Crippen LogP contribution in [-0.2, 0) is 6.42 Å². The van der Waals surface area contributed by atoms with Gasteiger partial charge in [0.2, 0.25) is 0 Å². The van der Waals surface area contributed by atoms with Crippen molar-refractivity contribution in [2.24, 2.45) is 5.73 Å². The third-order valence-electron chi connectivity index (χ3n) is 1.97. The quantitative estimate of drug-likeness (QED) is 0.580. The Morgan fingerprint density at radius 3 is 2.19 bits per heavy atom. The average molecular weight is 220 g/mol. The van der Waals surface area contributed by atoms with Gasteiger partial charge >= 0.3 is 0 Å². The Kier molecular flexibility index (Phi) is 4.95. The van der Waals surface area contributed by atoms with E-state index in [0.717, 1.165) is 5.56 Å². The first-order valence-electron chi connectivity index (χ1n) is 5.02. The zero-order valence-electron chi connectivity index (χ0n) is 8.93. The molecule has 4 nitrogen and oxygen atoms in total. The summed E-state index contributed by atoms with van der Waals surface area (Å²) in [6.07, 6.45) is 4.47. The number of aromatic hydroxyl groups is 2. The van der Waals surface area contributed by atoms with Crippen molar-refractivity contribution in [2.45, 2.75) is 6.42 Å². The molecule has 86 valence electrons. The molecule has 0 fully saturated rings. The molecule has 4 heteroatoms. The highest BCUT2D eigenvalue weighted by Crippen LogP contribution is 2.24. The summed E-state index contributed by atoms with van der Waals surface area (Å²) < 4.78 is 0. The molecule has 0 spiro atoms. The predicted octanol–water partition coefficient (Wildman–Crippen LogP) is 1.61. The molecule has 1 aromatic carbocycles. The summed E-state index contributed by atoms with van der Waals surface area (Å²) in [5.41, 5.74) is 6.24. The number of hydrogen-bond donors (Lipinski definition) is 4. The van der Waals surface area contributed by atoms with E-state index >= 15 is 0 Å². The average Bonchev–Trinajstić information content (AvgIpc) is 2.82. The summed E-state index contributed by atoms with van der Waals surface area (Å²) in [6, 6.07) is 8.60. The second-order valence-corrected chi connectivity index (χ2v) is 3.25. The lowest BCUT2D eigenvalue weighted by Gasteiger charge is -2.00. The van der Waals surface area contributed by atoms with Crippen molar-refractivity contribution in [3.8, 4) is 11.5 Å². The van der Waals surface area contributed by atoms with Crippen LogP contribution in [0.15, 0.2) is 42.7 Å². The molecular formula is C12H16N2O2. The number of aromatic nitrogens is 1. The molecule has 0 atom stereocenters. The van der Waals surface area contributed by atoms with Gasteiger partial charge in [-0.1, -0.05) is 6.07 Å². The van der Waals surface area contributed by atoms with Crippen molar-refractivity contribution in [1.82, 2.24) is 4.98 Å². The van der Waals surface area contributed by atoms with E-state index in [2.05, 4.69) is 4.98 Å². The first-order valence-corrected chi connectivity index (χ1v) is 5.02. The van der Waals surface area contributed by atoms with Gasteiger partial charge in [-0.05, 0) is 42.8 Å². The molecule has 0 radical (unpaired) electrons. The third kappa shape index (κ3) is 4.06. The Hall–Kier alpha value is -1.94. The fraction of sp³-hybridized carbons (Fsp3) is 0.167. The van der Waals surface area contributed by atoms with Crippen LogP contribution in [0.3, 0.4) is 0 Å². The van der Waals surface area contributed by atoms with E-state index in [0.29, 0.717) is 13.0 Å². The Balaban J connectivity index is 0.000000212. The lowest BCUT2D eigenvalue weighted by Crippen LogP contribution is -2.02. The maximum Gasteiger partial charge on any atom is 0.157 e. The molecule has 0 aliphatic heterocycles. The number of phenolic OH excluding ortho intramolecular Hbond substituents is 2. The Morgan fingerprint density at radius 2 is 1.75 bits per heavy atom. The number of H-pyrrole nitrogens is 1. The molecule has 0 saturated heterocycles. The predicted molar refractivity (Wildman–Crippen MR) is 63.3 cm³/mol. The minimum atomic E-state index is -0.0919. The monoisotopic (exact) mass is 220 g/mol. The SMILES string of the molecule is NCCc1ccc(O)c(O)c1.c1cc[nH]c1. The third-order valence-corrected chi connectivity index (χ3v) is 1.97. The largest absolute Gasteiger partial charge is 0.504 e. The van der Waals surface area contributed by atoms with Crippen molar-refractivity contribution in [1.29, 1.82) is 0 Å². The molecule has 0 aliphatic rings. The minimum absolute atomic E-state index is 0.0871. The highest BCUT2D eigenvalue weighted by atomic mass is 16.3. The van der Waals surface area contributed by atoms with Crippen molar-refractivity contribution in [3.63, 3.8) is 0 Å². The number of phenols is 2. The second-order valence-electron chi connectivity index (χ2n) is 3.25. The van der Waals surface area contributed by atoms with Crippen LogP contribution in [0, 0.1) is 0 Å². The normalized spacial score (nSPS) is 9.31. The molecule has 0 unspecified atom stereocenters. The van der Waals surface area contributed by atoms with Crippen molar-refractivity contribution < 1.29 is 10.2 Å². The van der Waals surface area contributed by atoms with Gasteiger partial charge in [-0.2, -0.15) is 0 Å². The smallest absolute Gasteiger partial charge is 0.157 e. The van der Waals surface area contributed by atoms with Crippen LogP contribution in [0.5, 0.6) is 11.5 Å². The van der Waals surface area contributed by atoms with Gasteiger partial charge in [-0.25, -0.2) is 0 Å². The molecule has 2 rings (SSSR count). The number of nitrogens with two attached hydrogens (primary N) is 1. The van der Waals surface area contributed by atoms with Gasteiger partial charge in [0.15, 0.2) is 11.5 Å². The molecule has 0 bridgehead atoms. The van der Waals surface area contributed by atoms with Gasteiger partial charge in [0, 0.05) is 12.4 Å². The van der Waals surface area contributed by atoms with Gasteiger partial charge in [0.1, 0.15) is 0 Å². The molecule has 0 saturated carbocycles. The Labute approximate surface area is 94.4 Å². The fourth-order valence-electron chi connectivity index (χ4n) is 1.17. The molecule has 5 N–H and O–H groups in total. The molecule has 2 aromatic rings. The van der Waals surface area contributed by atoms with Crippen LogP contribution in [0.1, 0.15) is 5.56 Å². The first kappa shape index (κ1) is 12.1. The molecule has 0 amide bonds. The topological polar surface area (TPSA) is 82.3 Å². The number of rotatable bonds is 2. The molecule has 0 aliphatic carbocycles. The summed E-state index contributed by atoms with van der Waals surface area (Å²) in [4.78, 5) is 2.86. The lowest BCUT2D eigenvalue weighted by atomic mass is 10.1. The second kappa shape index (κ2) is 6.53. The minimum Gasteiger partial charge on any atom is -0.504 e. The van der Waals surface area contributed by atoms with Crippen LogP contribution in [0.4, 0.5) is 0 Å². The number of nitrogens with one attached hydrogen (secondary N) is 1. The molecule has 16 heavy (non-hydrogen) atoms. The number of benzene rings is 1. The molecule has 1 heterocycles. The maximum absolute atomic E-state index is 9.04. The van der Waals surface area contributed by atoms with Gasteiger partial charge in [-0.3, -0.25) is 0 Å². The summed E-state index contributed by atoms with van der Waals surface area (Å²) in [5, 5.41) is 18.0. The van der Waals surface area contributed by atoms with E-state index in [9.17, 15) is 0 Å². The lowest BCUT2D eigenvalue weighted by molar-refractivity contribution is 0.403. The summed E-state index contributed by atoms with van der Waals surface area (Å²) in [6.45, 7) is 0.546. The van der Waals surface area contributed by atoms with E-state index in [1.807, 2.05) is 24.5 Å². The van der Waals surface area contributed by atoms with Crippen LogP contribution in [-0.4, -0.2) is 21.7 Å². The van der Waals surface area contributed by atoms with E-state index in [-0.39, 0.29) is 11.5 Å². The summed E-state index contributed by atoms with van der Waals surface area (Å²) >= 11 is 0. The highest BCUT2D eigenvalue weighted by Gasteiger charge is 1.98. The summed E-state index contributed by atoms with van der Waals surface area (Å²) in [5.74, 6) is -0.179. The van der Waals surface area contributed by atoms with Crippen molar-refractivity contribution >= 4 is 0 Å². The van der Waals surface area contributed by atoms with E-state index in [1.165, 1.54) is 12.1 Å². The van der Waals surface area contributed by atoms with Crippen molar-refractivity contribution in [3.05, 3.63) is 48.3 Å². The number of hydrogen-bond acceptors (Lipinski definition) is 3. The van der Waals surface area contributed by atoms with Crippen LogP contribution >= 0.6 is 0 Å². The first-order chi connectivity index (χ1) is 7.74. The van der Waals surface area contributed by atoms with Gasteiger partial charge < -0.3 is 20.9 Å². The van der Waals surface area contributed by atoms with E-state index in [4.69, 9.17) is 15.9 Å². The van der Waals surface area contributed by atoms with Gasteiger partial charge in [-0.15, -0.1) is 0 Å². The summed E-state index contributed by atoms with van der Waals surface area (Å²) in [7, 11) is 0. The highest BCUT2D eigenvalue weighted by molar-refractivity contribution is 5.40. The van der Waals surface area contributed by atoms with Gasteiger partial charge in [0.25, 0.3) is 0 Å². The Bertz CT molecular complexity index is 382.